The zero-order valence-electron chi connectivity index (χ0n) is 15.9. The van der Waals surface area contributed by atoms with Gasteiger partial charge in [-0.3, -0.25) is 9.79 Å². The van der Waals surface area contributed by atoms with Crippen LogP contribution in [0.5, 0.6) is 0 Å². The highest BCUT2D eigenvalue weighted by molar-refractivity contribution is 14.0. The number of carbonyl (C=O) groups excluding carboxylic acids is 1. The van der Waals surface area contributed by atoms with Crippen molar-refractivity contribution in [1.29, 1.82) is 0 Å². The van der Waals surface area contributed by atoms with Crippen LogP contribution in [0.1, 0.15) is 27.6 Å². The number of aryl methyl sites for hydroxylation is 2. The Morgan fingerprint density at radius 2 is 1.96 bits per heavy atom. The van der Waals surface area contributed by atoms with E-state index in [9.17, 15) is 4.79 Å². The first-order valence-corrected chi connectivity index (χ1v) is 8.80. The second-order valence-corrected chi connectivity index (χ2v) is 6.28. The molecule has 1 N–H and O–H groups in total. The molecule has 0 radical (unpaired) electrons. The SMILES string of the molecule is CN=C(NCCc1c(C)noc1C)N1CCN(C(=O)c2ccco2)CC1.I. The number of nitrogens with zero attached hydrogens (tertiary/aromatic N) is 4. The van der Waals surface area contributed by atoms with Gasteiger partial charge in [-0.05, 0) is 32.4 Å². The van der Waals surface area contributed by atoms with Gasteiger partial charge in [-0.25, -0.2) is 0 Å². The van der Waals surface area contributed by atoms with Gasteiger partial charge in [0.2, 0.25) is 0 Å². The van der Waals surface area contributed by atoms with Crippen LogP contribution in [0.3, 0.4) is 0 Å². The van der Waals surface area contributed by atoms with Crippen molar-refractivity contribution >= 4 is 35.8 Å². The maximum atomic E-state index is 12.3. The molecular weight excluding hydrogens is 461 g/mol. The molecule has 3 heterocycles. The number of rotatable bonds is 4. The van der Waals surface area contributed by atoms with Gasteiger partial charge in [-0.2, -0.15) is 0 Å². The first kappa shape index (κ1) is 21.3. The average Bonchev–Trinajstić information content (AvgIpc) is 3.30. The molecule has 0 saturated carbocycles. The van der Waals surface area contributed by atoms with E-state index in [1.54, 1.807) is 19.2 Å². The normalized spacial score (nSPS) is 14.9. The summed E-state index contributed by atoms with van der Waals surface area (Å²) < 4.78 is 10.4. The van der Waals surface area contributed by atoms with Crippen LogP contribution < -0.4 is 5.32 Å². The molecule has 1 aliphatic heterocycles. The zero-order chi connectivity index (χ0) is 18.5. The van der Waals surface area contributed by atoms with E-state index in [-0.39, 0.29) is 29.9 Å². The van der Waals surface area contributed by atoms with Crippen LogP contribution in [-0.4, -0.2) is 66.6 Å². The maximum Gasteiger partial charge on any atom is 0.289 e. The quantitative estimate of drug-likeness (QED) is 0.404. The number of nitrogens with one attached hydrogen (secondary N) is 1. The summed E-state index contributed by atoms with van der Waals surface area (Å²) in [6, 6.07) is 3.43. The number of halogens is 1. The van der Waals surface area contributed by atoms with Crippen molar-refractivity contribution in [2.45, 2.75) is 20.3 Å². The molecule has 2 aromatic rings. The molecule has 1 amide bonds. The molecule has 27 heavy (non-hydrogen) atoms. The van der Waals surface area contributed by atoms with E-state index in [1.807, 2.05) is 18.7 Å². The molecule has 9 heteroatoms. The minimum absolute atomic E-state index is 0. The van der Waals surface area contributed by atoms with E-state index < -0.39 is 0 Å². The number of carbonyl (C=O) groups is 1. The third-order valence-electron chi connectivity index (χ3n) is 4.65. The predicted molar refractivity (Wildman–Crippen MR) is 113 cm³/mol. The Morgan fingerprint density at radius 3 is 2.52 bits per heavy atom. The maximum absolute atomic E-state index is 12.3. The van der Waals surface area contributed by atoms with Gasteiger partial charge >= 0.3 is 0 Å². The summed E-state index contributed by atoms with van der Waals surface area (Å²) in [4.78, 5) is 20.7. The summed E-state index contributed by atoms with van der Waals surface area (Å²) in [7, 11) is 1.78. The van der Waals surface area contributed by atoms with E-state index in [0.29, 0.717) is 18.8 Å². The molecule has 1 aliphatic rings. The van der Waals surface area contributed by atoms with Crippen molar-refractivity contribution in [3.05, 3.63) is 41.2 Å². The largest absolute Gasteiger partial charge is 0.459 e. The van der Waals surface area contributed by atoms with Crippen molar-refractivity contribution in [2.75, 3.05) is 39.8 Å². The molecule has 0 aromatic carbocycles. The summed E-state index contributed by atoms with van der Waals surface area (Å²) in [6.07, 6.45) is 2.35. The minimum Gasteiger partial charge on any atom is -0.459 e. The molecule has 0 atom stereocenters. The minimum atomic E-state index is -0.0593. The molecule has 2 aromatic heterocycles. The molecule has 8 nitrogen and oxygen atoms in total. The Balaban J connectivity index is 0.00000261. The van der Waals surface area contributed by atoms with E-state index in [1.165, 1.54) is 6.26 Å². The number of hydrogen-bond donors (Lipinski definition) is 1. The summed E-state index contributed by atoms with van der Waals surface area (Å²) in [6.45, 7) is 7.39. The van der Waals surface area contributed by atoms with Crippen LogP contribution in [0.25, 0.3) is 0 Å². The number of hydrogen-bond acceptors (Lipinski definition) is 5. The fourth-order valence-corrected chi connectivity index (χ4v) is 3.17. The predicted octanol–water partition coefficient (Wildman–Crippen LogP) is 2.08. The van der Waals surface area contributed by atoms with Gasteiger partial charge < -0.3 is 24.1 Å². The lowest BCUT2D eigenvalue weighted by Gasteiger charge is -2.36. The molecule has 0 bridgehead atoms. The van der Waals surface area contributed by atoms with Gasteiger partial charge in [0.05, 0.1) is 12.0 Å². The van der Waals surface area contributed by atoms with E-state index in [4.69, 9.17) is 8.94 Å². The number of piperazine rings is 1. The second kappa shape index (κ2) is 9.77. The Labute approximate surface area is 176 Å². The first-order valence-electron chi connectivity index (χ1n) is 8.80. The molecule has 0 aliphatic carbocycles. The van der Waals surface area contributed by atoms with Crippen molar-refractivity contribution < 1.29 is 13.7 Å². The lowest BCUT2D eigenvalue weighted by atomic mass is 10.1. The number of amides is 1. The smallest absolute Gasteiger partial charge is 0.289 e. The lowest BCUT2D eigenvalue weighted by molar-refractivity contribution is 0.0658. The number of furan rings is 1. The van der Waals surface area contributed by atoms with Gasteiger partial charge in [0.15, 0.2) is 11.7 Å². The Bertz CT molecular complexity index is 745. The van der Waals surface area contributed by atoms with Gasteiger partial charge in [-0.15, -0.1) is 24.0 Å². The lowest BCUT2D eigenvalue weighted by Crippen LogP contribution is -2.54. The average molecular weight is 487 g/mol. The number of aromatic nitrogens is 1. The first-order chi connectivity index (χ1) is 12.6. The van der Waals surface area contributed by atoms with Crippen LogP contribution in [0.15, 0.2) is 32.3 Å². The molecule has 0 unspecified atom stereocenters. The van der Waals surface area contributed by atoms with Crippen molar-refractivity contribution in [3.8, 4) is 0 Å². The summed E-state index contributed by atoms with van der Waals surface area (Å²) in [5, 5.41) is 7.37. The van der Waals surface area contributed by atoms with E-state index in [2.05, 4.69) is 20.4 Å². The third kappa shape index (κ3) is 5.02. The molecule has 1 saturated heterocycles. The number of aliphatic imine (C=N–C) groups is 1. The monoisotopic (exact) mass is 487 g/mol. The molecule has 3 rings (SSSR count). The van der Waals surface area contributed by atoms with Gasteiger partial charge in [0.25, 0.3) is 5.91 Å². The summed E-state index contributed by atoms with van der Waals surface area (Å²) in [5.74, 6) is 2.04. The van der Waals surface area contributed by atoms with Crippen LogP contribution >= 0.6 is 24.0 Å². The third-order valence-corrected chi connectivity index (χ3v) is 4.65. The van der Waals surface area contributed by atoms with Crippen LogP contribution in [0.2, 0.25) is 0 Å². The van der Waals surface area contributed by atoms with Crippen LogP contribution in [0.4, 0.5) is 0 Å². The van der Waals surface area contributed by atoms with Crippen LogP contribution in [0, 0.1) is 13.8 Å². The Kier molecular flexibility index (Phi) is 7.69. The Morgan fingerprint density at radius 1 is 1.26 bits per heavy atom. The fraction of sp³-hybridized carbons (Fsp3) is 0.500. The van der Waals surface area contributed by atoms with E-state index in [0.717, 1.165) is 49.0 Å². The topological polar surface area (TPSA) is 87.1 Å². The zero-order valence-corrected chi connectivity index (χ0v) is 18.2. The molecular formula is C18H26IN5O3. The van der Waals surface area contributed by atoms with Gasteiger partial charge in [-0.1, -0.05) is 5.16 Å². The summed E-state index contributed by atoms with van der Waals surface area (Å²) >= 11 is 0. The standard InChI is InChI=1S/C18H25N5O3.HI/c1-13-15(14(2)26-21-13)6-7-20-18(19-3)23-10-8-22(9-11-23)17(24)16-5-4-12-25-16;/h4-5,12H,6-11H2,1-3H3,(H,19,20);1H. The van der Waals surface area contributed by atoms with Gasteiger partial charge in [0.1, 0.15) is 5.76 Å². The molecule has 148 valence electrons. The summed E-state index contributed by atoms with van der Waals surface area (Å²) in [5.41, 5.74) is 2.08. The van der Waals surface area contributed by atoms with Crippen molar-refractivity contribution in [2.24, 2.45) is 4.99 Å². The van der Waals surface area contributed by atoms with E-state index >= 15 is 0 Å². The Hall–Kier alpha value is -2.04. The van der Waals surface area contributed by atoms with Crippen molar-refractivity contribution in [1.82, 2.24) is 20.3 Å². The molecule has 0 spiro atoms. The highest BCUT2D eigenvalue weighted by Gasteiger charge is 2.25. The molecule has 1 fully saturated rings. The highest BCUT2D eigenvalue weighted by Crippen LogP contribution is 2.12. The van der Waals surface area contributed by atoms with Crippen LogP contribution in [-0.2, 0) is 6.42 Å². The fourth-order valence-electron chi connectivity index (χ4n) is 3.17. The van der Waals surface area contributed by atoms with Gasteiger partial charge in [0, 0.05) is 45.3 Å². The second-order valence-electron chi connectivity index (χ2n) is 6.28. The highest BCUT2D eigenvalue weighted by atomic mass is 127. The van der Waals surface area contributed by atoms with Crippen molar-refractivity contribution in [3.63, 3.8) is 0 Å². The number of guanidine groups is 1.